The predicted molar refractivity (Wildman–Crippen MR) is 73.9 cm³/mol. The summed E-state index contributed by atoms with van der Waals surface area (Å²) in [5, 5.41) is 20.1. The fourth-order valence-electron chi connectivity index (χ4n) is 1.57. The third kappa shape index (κ3) is 4.97. The van der Waals surface area contributed by atoms with E-state index in [-0.39, 0.29) is 12.5 Å². The molecular formula is C14H16N4O2. The maximum absolute atomic E-state index is 12.1. The molecule has 0 aliphatic heterocycles. The number of rotatable bonds is 6. The van der Waals surface area contributed by atoms with E-state index in [0.717, 1.165) is 0 Å². The van der Waals surface area contributed by atoms with Crippen molar-refractivity contribution in [1.29, 1.82) is 10.5 Å². The standard InChI is InChI=1S/C14H16N4O2/c1-20-9-8-18(7-3-6-15)14(19)17-13-5-2-4-12(10-13)11-16/h2,4-5,10H,3,7-9H2,1H3,(H,17,19). The van der Waals surface area contributed by atoms with Gasteiger partial charge in [0.1, 0.15) is 0 Å². The number of methoxy groups -OCH3 is 1. The van der Waals surface area contributed by atoms with Crippen molar-refractivity contribution < 1.29 is 9.53 Å². The van der Waals surface area contributed by atoms with Crippen LogP contribution in [0.4, 0.5) is 10.5 Å². The molecule has 0 aliphatic carbocycles. The number of nitriles is 2. The minimum absolute atomic E-state index is 0.259. The number of nitrogens with one attached hydrogen (secondary N) is 1. The Morgan fingerprint density at radius 2 is 2.20 bits per heavy atom. The molecule has 1 aromatic carbocycles. The van der Waals surface area contributed by atoms with Crippen LogP contribution in [-0.4, -0.2) is 37.7 Å². The van der Waals surface area contributed by atoms with Gasteiger partial charge in [-0.05, 0) is 18.2 Å². The molecule has 0 aliphatic rings. The first-order chi connectivity index (χ1) is 9.71. The van der Waals surface area contributed by atoms with E-state index in [9.17, 15) is 4.79 Å². The summed E-state index contributed by atoms with van der Waals surface area (Å²) in [6, 6.07) is 10.4. The SMILES string of the molecule is COCCN(CCC#N)C(=O)Nc1cccc(C#N)c1. The smallest absolute Gasteiger partial charge is 0.321 e. The highest BCUT2D eigenvalue weighted by atomic mass is 16.5. The number of hydrogen-bond acceptors (Lipinski definition) is 4. The van der Waals surface area contributed by atoms with E-state index < -0.39 is 0 Å². The van der Waals surface area contributed by atoms with Crippen molar-refractivity contribution in [2.45, 2.75) is 6.42 Å². The molecule has 1 rings (SSSR count). The van der Waals surface area contributed by atoms with Gasteiger partial charge in [-0.15, -0.1) is 0 Å². The third-order valence-electron chi connectivity index (χ3n) is 2.59. The largest absolute Gasteiger partial charge is 0.383 e. The summed E-state index contributed by atoms with van der Waals surface area (Å²) in [6.45, 7) is 1.14. The second-order valence-electron chi connectivity index (χ2n) is 4.01. The van der Waals surface area contributed by atoms with E-state index >= 15 is 0 Å². The van der Waals surface area contributed by atoms with Crippen molar-refractivity contribution in [3.8, 4) is 12.1 Å². The molecule has 1 aromatic rings. The van der Waals surface area contributed by atoms with E-state index in [1.54, 1.807) is 31.4 Å². The molecule has 6 heteroatoms. The predicted octanol–water partition coefficient (Wildman–Crippen LogP) is 1.95. The van der Waals surface area contributed by atoms with Gasteiger partial charge in [-0.3, -0.25) is 0 Å². The van der Waals surface area contributed by atoms with Crippen molar-refractivity contribution in [1.82, 2.24) is 4.90 Å². The van der Waals surface area contributed by atoms with E-state index in [2.05, 4.69) is 5.32 Å². The van der Waals surface area contributed by atoms with Crippen LogP contribution in [0.15, 0.2) is 24.3 Å². The lowest BCUT2D eigenvalue weighted by Crippen LogP contribution is -2.38. The quantitative estimate of drug-likeness (QED) is 0.857. The average Bonchev–Trinajstić information content (AvgIpc) is 2.47. The highest BCUT2D eigenvalue weighted by molar-refractivity contribution is 5.89. The van der Waals surface area contributed by atoms with Crippen molar-refractivity contribution in [2.75, 3.05) is 32.1 Å². The molecule has 0 bridgehead atoms. The molecule has 6 nitrogen and oxygen atoms in total. The molecule has 0 aromatic heterocycles. The van der Waals surface area contributed by atoms with Crippen LogP contribution in [0.5, 0.6) is 0 Å². The molecule has 0 unspecified atom stereocenters. The van der Waals surface area contributed by atoms with Crippen LogP contribution in [0.3, 0.4) is 0 Å². The summed E-state index contributed by atoms with van der Waals surface area (Å²) in [6.07, 6.45) is 0.259. The van der Waals surface area contributed by atoms with Crippen LogP contribution < -0.4 is 5.32 Å². The van der Waals surface area contributed by atoms with Crippen LogP contribution in [-0.2, 0) is 4.74 Å². The third-order valence-corrected chi connectivity index (χ3v) is 2.59. The maximum Gasteiger partial charge on any atom is 0.321 e. The fraction of sp³-hybridized carbons (Fsp3) is 0.357. The van der Waals surface area contributed by atoms with Crippen LogP contribution in [0, 0.1) is 22.7 Å². The Labute approximate surface area is 118 Å². The van der Waals surface area contributed by atoms with Crippen molar-refractivity contribution in [2.24, 2.45) is 0 Å². The molecule has 1 N–H and O–H groups in total. The number of anilines is 1. The van der Waals surface area contributed by atoms with Crippen molar-refractivity contribution >= 4 is 11.7 Å². The molecule has 0 atom stereocenters. The number of amides is 2. The van der Waals surface area contributed by atoms with Crippen LogP contribution in [0.25, 0.3) is 0 Å². The van der Waals surface area contributed by atoms with E-state index in [0.29, 0.717) is 30.9 Å². The molecule has 2 amide bonds. The van der Waals surface area contributed by atoms with Gasteiger partial charge in [0, 0.05) is 25.9 Å². The molecule has 20 heavy (non-hydrogen) atoms. The first-order valence-electron chi connectivity index (χ1n) is 6.13. The van der Waals surface area contributed by atoms with E-state index in [4.69, 9.17) is 15.3 Å². The Morgan fingerprint density at radius 1 is 1.40 bits per heavy atom. The fourth-order valence-corrected chi connectivity index (χ4v) is 1.57. The zero-order valence-corrected chi connectivity index (χ0v) is 11.3. The average molecular weight is 272 g/mol. The van der Waals surface area contributed by atoms with Gasteiger partial charge in [-0.1, -0.05) is 6.07 Å². The molecule has 0 fully saturated rings. The van der Waals surface area contributed by atoms with Gasteiger partial charge < -0.3 is 15.0 Å². The minimum atomic E-state index is -0.313. The molecule has 0 spiro atoms. The number of hydrogen-bond donors (Lipinski definition) is 1. The monoisotopic (exact) mass is 272 g/mol. The lowest BCUT2D eigenvalue weighted by atomic mass is 10.2. The van der Waals surface area contributed by atoms with Crippen molar-refractivity contribution in [3.05, 3.63) is 29.8 Å². The minimum Gasteiger partial charge on any atom is -0.383 e. The Hall–Kier alpha value is -2.57. The molecule has 0 heterocycles. The van der Waals surface area contributed by atoms with Gasteiger partial charge in [0.25, 0.3) is 0 Å². The normalized spacial score (nSPS) is 9.35. The number of carbonyl (C=O) groups is 1. The summed E-state index contributed by atoms with van der Waals surface area (Å²) in [5.74, 6) is 0. The first-order valence-corrected chi connectivity index (χ1v) is 6.13. The molecule has 0 saturated heterocycles. The number of nitrogens with zero attached hydrogens (tertiary/aromatic N) is 3. The summed E-state index contributed by atoms with van der Waals surface area (Å²) >= 11 is 0. The zero-order valence-electron chi connectivity index (χ0n) is 11.3. The maximum atomic E-state index is 12.1. The van der Waals surface area contributed by atoms with Crippen LogP contribution >= 0.6 is 0 Å². The summed E-state index contributed by atoms with van der Waals surface area (Å²) in [7, 11) is 1.55. The molecule has 0 saturated carbocycles. The van der Waals surface area contributed by atoms with Crippen LogP contribution in [0.1, 0.15) is 12.0 Å². The Kier molecular flexibility index (Phi) is 6.60. The Morgan fingerprint density at radius 3 is 2.85 bits per heavy atom. The first kappa shape index (κ1) is 15.5. The van der Waals surface area contributed by atoms with Gasteiger partial charge in [0.05, 0.1) is 30.7 Å². The molecule has 104 valence electrons. The zero-order chi connectivity index (χ0) is 14.8. The number of benzene rings is 1. The van der Waals surface area contributed by atoms with Gasteiger partial charge in [0.2, 0.25) is 0 Å². The van der Waals surface area contributed by atoms with E-state index in [1.165, 1.54) is 4.90 Å². The molecular weight excluding hydrogens is 256 g/mol. The highest BCUT2D eigenvalue weighted by Crippen LogP contribution is 2.10. The number of carbonyl (C=O) groups excluding carboxylic acids is 1. The van der Waals surface area contributed by atoms with E-state index in [1.807, 2.05) is 12.1 Å². The second kappa shape index (κ2) is 8.52. The lowest BCUT2D eigenvalue weighted by molar-refractivity contribution is 0.156. The van der Waals surface area contributed by atoms with Crippen molar-refractivity contribution in [3.63, 3.8) is 0 Å². The lowest BCUT2D eigenvalue weighted by Gasteiger charge is -2.21. The summed E-state index contributed by atoms with van der Waals surface area (Å²) < 4.78 is 4.94. The Bertz CT molecular complexity index is 531. The topological polar surface area (TPSA) is 89.2 Å². The summed E-state index contributed by atoms with van der Waals surface area (Å²) in [4.78, 5) is 13.6. The summed E-state index contributed by atoms with van der Waals surface area (Å²) in [5.41, 5.74) is 1.02. The highest BCUT2D eigenvalue weighted by Gasteiger charge is 2.13. The number of urea groups is 1. The van der Waals surface area contributed by atoms with Gasteiger partial charge in [-0.2, -0.15) is 10.5 Å². The van der Waals surface area contributed by atoms with Gasteiger partial charge >= 0.3 is 6.03 Å². The van der Waals surface area contributed by atoms with Gasteiger partial charge in [0.15, 0.2) is 0 Å². The van der Waals surface area contributed by atoms with Gasteiger partial charge in [-0.25, -0.2) is 4.79 Å². The molecule has 0 radical (unpaired) electrons. The Balaban J connectivity index is 2.69. The van der Waals surface area contributed by atoms with Crippen LogP contribution in [0.2, 0.25) is 0 Å². The second-order valence-corrected chi connectivity index (χ2v) is 4.01. The number of ether oxygens (including phenoxy) is 1.